The highest BCUT2D eigenvalue weighted by atomic mass is 35.5. The second-order valence-corrected chi connectivity index (χ2v) is 6.03. The van der Waals surface area contributed by atoms with Gasteiger partial charge in [-0.05, 0) is 43.3 Å². The third-order valence-electron chi connectivity index (χ3n) is 3.78. The number of rotatable bonds is 3. The average Bonchev–Trinajstić information content (AvgIpc) is 2.92. The van der Waals surface area contributed by atoms with Crippen LogP contribution in [0.5, 0.6) is 0 Å². The molecule has 0 aliphatic rings. The molecule has 2 heterocycles. The molecule has 2 aromatic heterocycles. The van der Waals surface area contributed by atoms with Crippen molar-refractivity contribution in [1.82, 2.24) is 19.5 Å². The van der Waals surface area contributed by atoms with Gasteiger partial charge in [0.15, 0.2) is 0 Å². The Balaban J connectivity index is 1.79. The molecule has 0 aliphatic heterocycles. The maximum absolute atomic E-state index is 5.99. The first kappa shape index (κ1) is 15.4. The number of hydrogen-bond acceptors (Lipinski definition) is 5. The number of nitrogens with zero attached hydrogens (tertiary/aromatic N) is 4. The molecule has 6 nitrogen and oxygen atoms in total. The SMILES string of the molecule is Cc1nc2ccccc2n1-c1nc(N)cc(Nc2ccc(Cl)cc2)n1. The Morgan fingerprint density at radius 2 is 1.76 bits per heavy atom. The Morgan fingerprint density at radius 3 is 2.56 bits per heavy atom. The van der Waals surface area contributed by atoms with Crippen LogP contribution in [0.15, 0.2) is 54.6 Å². The molecule has 0 saturated carbocycles. The minimum atomic E-state index is 0.374. The van der Waals surface area contributed by atoms with Crippen LogP contribution < -0.4 is 11.1 Å². The van der Waals surface area contributed by atoms with Gasteiger partial charge in [-0.3, -0.25) is 4.57 Å². The lowest BCUT2D eigenvalue weighted by Crippen LogP contribution is -2.07. The lowest BCUT2D eigenvalue weighted by atomic mass is 10.3. The molecule has 2 aromatic carbocycles. The van der Waals surface area contributed by atoms with Gasteiger partial charge in [0.2, 0.25) is 5.95 Å². The van der Waals surface area contributed by atoms with Crippen LogP contribution in [0.1, 0.15) is 5.82 Å². The highest BCUT2D eigenvalue weighted by molar-refractivity contribution is 6.30. The summed E-state index contributed by atoms with van der Waals surface area (Å²) in [4.78, 5) is 13.5. The number of nitrogen functional groups attached to an aromatic ring is 1. The van der Waals surface area contributed by atoms with Gasteiger partial charge in [0, 0.05) is 16.8 Å². The molecule has 7 heteroatoms. The maximum Gasteiger partial charge on any atom is 0.239 e. The van der Waals surface area contributed by atoms with E-state index < -0.39 is 0 Å². The monoisotopic (exact) mass is 350 g/mol. The van der Waals surface area contributed by atoms with E-state index in [2.05, 4.69) is 20.3 Å². The Morgan fingerprint density at radius 1 is 1.00 bits per heavy atom. The van der Waals surface area contributed by atoms with Gasteiger partial charge in [0.05, 0.1) is 11.0 Å². The van der Waals surface area contributed by atoms with Crippen LogP contribution in [0, 0.1) is 6.92 Å². The summed E-state index contributed by atoms with van der Waals surface area (Å²) in [5.74, 6) is 2.24. The number of imidazole rings is 1. The van der Waals surface area contributed by atoms with Gasteiger partial charge < -0.3 is 11.1 Å². The summed E-state index contributed by atoms with van der Waals surface area (Å²) in [5.41, 5.74) is 8.67. The van der Waals surface area contributed by atoms with Crippen LogP contribution in [-0.4, -0.2) is 19.5 Å². The van der Waals surface area contributed by atoms with Crippen molar-refractivity contribution in [2.75, 3.05) is 11.1 Å². The van der Waals surface area contributed by atoms with Crippen molar-refractivity contribution in [1.29, 1.82) is 0 Å². The minimum Gasteiger partial charge on any atom is -0.383 e. The Labute approximate surface area is 149 Å². The molecule has 0 radical (unpaired) electrons. The van der Waals surface area contributed by atoms with E-state index in [-0.39, 0.29) is 0 Å². The first-order valence-electron chi connectivity index (χ1n) is 7.72. The number of aromatic nitrogens is 4. The molecular weight excluding hydrogens is 336 g/mol. The van der Waals surface area contributed by atoms with Crippen LogP contribution in [0.4, 0.5) is 17.3 Å². The van der Waals surface area contributed by atoms with Crippen molar-refractivity contribution in [3.05, 3.63) is 65.4 Å². The predicted octanol–water partition coefficient (Wildman–Crippen LogP) is 4.10. The smallest absolute Gasteiger partial charge is 0.239 e. The zero-order valence-corrected chi connectivity index (χ0v) is 14.2. The molecule has 3 N–H and O–H groups in total. The van der Waals surface area contributed by atoms with Crippen molar-refractivity contribution < 1.29 is 0 Å². The molecular formula is C18H15ClN6. The average molecular weight is 351 g/mol. The topological polar surface area (TPSA) is 81.7 Å². The normalized spacial score (nSPS) is 11.0. The molecule has 0 amide bonds. The quantitative estimate of drug-likeness (QED) is 0.581. The number of nitrogens with two attached hydrogens (primary N) is 1. The summed E-state index contributed by atoms with van der Waals surface area (Å²) < 4.78 is 1.89. The molecule has 4 aromatic rings. The number of halogens is 1. The highest BCUT2D eigenvalue weighted by Crippen LogP contribution is 2.23. The predicted molar refractivity (Wildman–Crippen MR) is 101 cm³/mol. The fourth-order valence-electron chi connectivity index (χ4n) is 2.70. The summed E-state index contributed by atoms with van der Waals surface area (Å²) in [6.45, 7) is 1.92. The number of hydrogen-bond donors (Lipinski definition) is 2. The number of benzene rings is 2. The first-order valence-corrected chi connectivity index (χ1v) is 8.09. The van der Waals surface area contributed by atoms with Crippen molar-refractivity contribution in [3.8, 4) is 5.95 Å². The fraction of sp³-hybridized carbons (Fsp3) is 0.0556. The molecule has 0 spiro atoms. The molecule has 0 bridgehead atoms. The Bertz CT molecular complexity index is 1060. The second-order valence-electron chi connectivity index (χ2n) is 5.59. The molecule has 4 rings (SSSR count). The molecule has 0 fully saturated rings. The number of para-hydroxylation sites is 2. The zero-order chi connectivity index (χ0) is 17.4. The lowest BCUT2D eigenvalue weighted by Gasteiger charge is -2.10. The van der Waals surface area contributed by atoms with Gasteiger partial charge in [0.1, 0.15) is 17.5 Å². The van der Waals surface area contributed by atoms with Gasteiger partial charge in [0.25, 0.3) is 0 Å². The van der Waals surface area contributed by atoms with Crippen LogP contribution in [0.2, 0.25) is 5.02 Å². The van der Waals surface area contributed by atoms with Crippen LogP contribution in [-0.2, 0) is 0 Å². The van der Waals surface area contributed by atoms with Gasteiger partial charge in [-0.25, -0.2) is 4.98 Å². The zero-order valence-electron chi connectivity index (χ0n) is 13.4. The third-order valence-corrected chi connectivity index (χ3v) is 4.03. The van der Waals surface area contributed by atoms with E-state index in [1.807, 2.05) is 60.0 Å². The minimum absolute atomic E-state index is 0.374. The van der Waals surface area contributed by atoms with Crippen LogP contribution in [0.3, 0.4) is 0 Å². The summed E-state index contributed by atoms with van der Waals surface area (Å²) in [7, 11) is 0. The first-order chi connectivity index (χ1) is 12.1. The van der Waals surface area contributed by atoms with Crippen molar-refractivity contribution >= 4 is 40.0 Å². The largest absolute Gasteiger partial charge is 0.383 e. The lowest BCUT2D eigenvalue weighted by molar-refractivity contribution is 0.910. The van der Waals surface area contributed by atoms with E-state index in [1.165, 1.54) is 0 Å². The van der Waals surface area contributed by atoms with Crippen molar-refractivity contribution in [2.24, 2.45) is 0 Å². The molecule has 0 atom stereocenters. The number of fused-ring (bicyclic) bond motifs is 1. The Kier molecular flexibility index (Phi) is 3.74. The van der Waals surface area contributed by atoms with Gasteiger partial charge in [-0.1, -0.05) is 23.7 Å². The van der Waals surface area contributed by atoms with E-state index in [1.54, 1.807) is 6.07 Å². The molecule has 0 saturated heterocycles. The highest BCUT2D eigenvalue weighted by Gasteiger charge is 2.13. The molecule has 25 heavy (non-hydrogen) atoms. The number of aryl methyl sites for hydroxylation is 1. The van der Waals surface area contributed by atoms with E-state index in [9.17, 15) is 0 Å². The molecule has 124 valence electrons. The van der Waals surface area contributed by atoms with Crippen LogP contribution >= 0.6 is 11.6 Å². The second kappa shape index (κ2) is 6.07. The van der Waals surface area contributed by atoms with Gasteiger partial charge in [-0.15, -0.1) is 0 Å². The van der Waals surface area contributed by atoms with E-state index in [0.717, 1.165) is 22.5 Å². The standard InChI is InChI=1S/C18H15ClN6/c1-11-21-14-4-2-3-5-15(14)25(11)18-23-16(20)10-17(24-18)22-13-8-6-12(19)7-9-13/h2-10H,1H3,(H3,20,22,23,24). The third kappa shape index (κ3) is 2.99. The molecule has 0 aliphatic carbocycles. The van der Waals surface area contributed by atoms with E-state index in [4.69, 9.17) is 17.3 Å². The number of nitrogens with one attached hydrogen (secondary N) is 1. The summed E-state index contributed by atoms with van der Waals surface area (Å²) in [6.07, 6.45) is 0. The summed E-state index contributed by atoms with van der Waals surface area (Å²) in [6, 6.07) is 16.9. The maximum atomic E-state index is 5.99. The Hall–Kier alpha value is -3.12. The van der Waals surface area contributed by atoms with Gasteiger partial charge in [-0.2, -0.15) is 9.97 Å². The van der Waals surface area contributed by atoms with Crippen molar-refractivity contribution in [2.45, 2.75) is 6.92 Å². The van der Waals surface area contributed by atoms with Gasteiger partial charge >= 0.3 is 0 Å². The fourth-order valence-corrected chi connectivity index (χ4v) is 2.82. The van der Waals surface area contributed by atoms with E-state index >= 15 is 0 Å². The number of anilines is 3. The summed E-state index contributed by atoms with van der Waals surface area (Å²) in [5, 5.41) is 3.89. The van der Waals surface area contributed by atoms with Crippen molar-refractivity contribution in [3.63, 3.8) is 0 Å². The van der Waals surface area contributed by atoms with E-state index in [0.29, 0.717) is 22.6 Å². The summed E-state index contributed by atoms with van der Waals surface area (Å²) >= 11 is 5.92. The van der Waals surface area contributed by atoms with Crippen LogP contribution in [0.25, 0.3) is 17.0 Å². The molecule has 0 unspecified atom stereocenters.